The Labute approximate surface area is 66.2 Å². The molecule has 60 valence electrons. The normalized spacial score (nSPS) is 31.0. The lowest BCUT2D eigenvalue weighted by molar-refractivity contribution is 0.0424. The molecule has 2 rings (SSSR count). The van der Waals surface area contributed by atoms with Crippen molar-refractivity contribution >= 4 is 0 Å². The van der Waals surface area contributed by atoms with Crippen molar-refractivity contribution in [1.82, 2.24) is 0 Å². The van der Waals surface area contributed by atoms with Gasteiger partial charge in [-0.2, -0.15) is 0 Å². The lowest BCUT2D eigenvalue weighted by Crippen LogP contribution is -1.99. The third kappa shape index (κ3) is 1.31. The molecule has 0 bridgehead atoms. The molecule has 2 heterocycles. The van der Waals surface area contributed by atoms with E-state index < -0.39 is 0 Å². The smallest absolute Gasteiger partial charge is 0.132 e. The van der Waals surface area contributed by atoms with E-state index >= 15 is 0 Å². The Hall–Kier alpha value is -0.760. The molecule has 1 aromatic rings. The molecule has 0 amide bonds. The maximum atomic E-state index is 5.61. The summed E-state index contributed by atoms with van der Waals surface area (Å²) in [5, 5.41) is 0. The average Bonchev–Trinajstić information content (AvgIpc) is 2.55. The van der Waals surface area contributed by atoms with Gasteiger partial charge in [-0.1, -0.05) is 0 Å². The van der Waals surface area contributed by atoms with Crippen molar-refractivity contribution in [3.05, 3.63) is 24.2 Å². The van der Waals surface area contributed by atoms with Gasteiger partial charge in [0.1, 0.15) is 11.9 Å². The Morgan fingerprint density at radius 1 is 1.45 bits per heavy atom. The van der Waals surface area contributed by atoms with Crippen LogP contribution in [0.5, 0.6) is 0 Å². The van der Waals surface area contributed by atoms with Gasteiger partial charge < -0.3 is 9.15 Å². The molecule has 0 spiro atoms. The van der Waals surface area contributed by atoms with E-state index in [1.807, 2.05) is 12.1 Å². The van der Waals surface area contributed by atoms with Crippen molar-refractivity contribution in [2.24, 2.45) is 0 Å². The average molecular weight is 152 g/mol. The van der Waals surface area contributed by atoms with Crippen LogP contribution in [0.25, 0.3) is 0 Å². The molecule has 1 aromatic heterocycles. The van der Waals surface area contributed by atoms with Gasteiger partial charge in [0.25, 0.3) is 0 Å². The quantitative estimate of drug-likeness (QED) is 0.617. The van der Waals surface area contributed by atoms with E-state index in [2.05, 4.69) is 6.92 Å². The van der Waals surface area contributed by atoms with Gasteiger partial charge in [0, 0.05) is 0 Å². The fraction of sp³-hybridized carbons (Fsp3) is 0.556. The van der Waals surface area contributed by atoms with E-state index in [9.17, 15) is 0 Å². The summed E-state index contributed by atoms with van der Waals surface area (Å²) in [4.78, 5) is 0. The molecule has 1 aliphatic heterocycles. The Kier molecular flexibility index (Phi) is 1.70. The van der Waals surface area contributed by atoms with E-state index in [1.165, 1.54) is 0 Å². The Morgan fingerprint density at radius 3 is 2.91 bits per heavy atom. The van der Waals surface area contributed by atoms with Gasteiger partial charge in [-0.15, -0.1) is 0 Å². The van der Waals surface area contributed by atoms with Crippen molar-refractivity contribution in [2.75, 3.05) is 0 Å². The van der Waals surface area contributed by atoms with Gasteiger partial charge in [0.2, 0.25) is 0 Å². The third-order valence-electron chi connectivity index (χ3n) is 2.09. The van der Waals surface area contributed by atoms with Crippen LogP contribution in [0.2, 0.25) is 0 Å². The third-order valence-corrected chi connectivity index (χ3v) is 2.09. The maximum Gasteiger partial charge on any atom is 0.132 e. The van der Waals surface area contributed by atoms with Gasteiger partial charge in [-0.25, -0.2) is 0 Å². The zero-order chi connectivity index (χ0) is 7.68. The van der Waals surface area contributed by atoms with E-state index in [1.54, 1.807) is 6.26 Å². The number of hydrogen-bond donors (Lipinski definition) is 0. The summed E-state index contributed by atoms with van der Waals surface area (Å²) in [5.41, 5.74) is 0. The summed E-state index contributed by atoms with van der Waals surface area (Å²) in [6, 6.07) is 3.88. The lowest BCUT2D eigenvalue weighted by Gasteiger charge is -2.06. The van der Waals surface area contributed by atoms with Crippen LogP contribution in [-0.2, 0) is 4.74 Å². The largest absolute Gasteiger partial charge is 0.467 e. The van der Waals surface area contributed by atoms with Crippen molar-refractivity contribution in [1.29, 1.82) is 0 Å². The predicted octanol–water partition coefficient (Wildman–Crippen LogP) is 2.52. The second kappa shape index (κ2) is 2.70. The highest BCUT2D eigenvalue weighted by atomic mass is 16.5. The second-order valence-electron chi connectivity index (χ2n) is 3.03. The lowest BCUT2D eigenvalue weighted by atomic mass is 10.2. The fourth-order valence-corrected chi connectivity index (χ4v) is 1.49. The summed E-state index contributed by atoms with van der Waals surface area (Å²) in [7, 11) is 0. The zero-order valence-electron chi connectivity index (χ0n) is 6.62. The standard InChI is InChI=1S/C9H12O2/c1-7-4-5-9(11-7)8-3-2-6-10-8/h2-3,6-7,9H,4-5H2,1H3. The van der Waals surface area contributed by atoms with Crippen molar-refractivity contribution in [3.8, 4) is 0 Å². The minimum absolute atomic E-state index is 0.208. The molecule has 0 aliphatic carbocycles. The number of hydrogen-bond acceptors (Lipinski definition) is 2. The Bertz CT molecular complexity index is 215. The number of ether oxygens (including phenoxy) is 1. The molecule has 0 N–H and O–H groups in total. The van der Waals surface area contributed by atoms with Crippen LogP contribution >= 0.6 is 0 Å². The first-order chi connectivity index (χ1) is 5.36. The highest BCUT2D eigenvalue weighted by Gasteiger charge is 2.24. The minimum Gasteiger partial charge on any atom is -0.467 e. The van der Waals surface area contributed by atoms with Crippen LogP contribution in [-0.4, -0.2) is 6.10 Å². The molecular formula is C9H12O2. The number of furan rings is 1. The van der Waals surface area contributed by atoms with E-state index in [-0.39, 0.29) is 6.10 Å². The predicted molar refractivity (Wildman–Crippen MR) is 41.2 cm³/mol. The van der Waals surface area contributed by atoms with Gasteiger partial charge in [0.05, 0.1) is 12.4 Å². The molecule has 1 aliphatic rings. The summed E-state index contributed by atoms with van der Waals surface area (Å²) in [5.74, 6) is 0.967. The summed E-state index contributed by atoms with van der Waals surface area (Å²) >= 11 is 0. The molecule has 0 radical (unpaired) electrons. The minimum atomic E-state index is 0.208. The molecule has 11 heavy (non-hydrogen) atoms. The Morgan fingerprint density at radius 2 is 2.36 bits per heavy atom. The van der Waals surface area contributed by atoms with Crippen molar-refractivity contribution < 1.29 is 9.15 Å². The van der Waals surface area contributed by atoms with Crippen LogP contribution < -0.4 is 0 Å². The molecule has 1 saturated heterocycles. The van der Waals surface area contributed by atoms with Crippen LogP contribution in [0.15, 0.2) is 22.8 Å². The van der Waals surface area contributed by atoms with Gasteiger partial charge in [-0.05, 0) is 31.9 Å². The number of rotatable bonds is 1. The maximum absolute atomic E-state index is 5.61. The molecule has 2 nitrogen and oxygen atoms in total. The van der Waals surface area contributed by atoms with Crippen LogP contribution in [0.3, 0.4) is 0 Å². The van der Waals surface area contributed by atoms with Crippen molar-refractivity contribution in [2.45, 2.75) is 32.0 Å². The second-order valence-corrected chi connectivity index (χ2v) is 3.03. The first-order valence-electron chi connectivity index (χ1n) is 4.05. The first kappa shape index (κ1) is 6.92. The zero-order valence-corrected chi connectivity index (χ0v) is 6.62. The van der Waals surface area contributed by atoms with Crippen LogP contribution in [0.1, 0.15) is 31.6 Å². The molecule has 0 aromatic carbocycles. The van der Waals surface area contributed by atoms with Gasteiger partial charge >= 0.3 is 0 Å². The summed E-state index contributed by atoms with van der Waals surface area (Å²) in [6.45, 7) is 2.10. The van der Waals surface area contributed by atoms with E-state index in [0.29, 0.717) is 6.10 Å². The molecule has 2 heteroatoms. The fourth-order valence-electron chi connectivity index (χ4n) is 1.49. The highest BCUT2D eigenvalue weighted by molar-refractivity contribution is 5.03. The van der Waals surface area contributed by atoms with Crippen LogP contribution in [0.4, 0.5) is 0 Å². The molecular weight excluding hydrogens is 140 g/mol. The molecule has 0 saturated carbocycles. The summed E-state index contributed by atoms with van der Waals surface area (Å²) < 4.78 is 10.9. The van der Waals surface area contributed by atoms with Gasteiger partial charge in [-0.3, -0.25) is 0 Å². The van der Waals surface area contributed by atoms with Crippen LogP contribution in [0, 0.1) is 0 Å². The first-order valence-corrected chi connectivity index (χ1v) is 4.05. The Balaban J connectivity index is 2.08. The SMILES string of the molecule is CC1CCC(c2ccco2)O1. The molecule has 2 unspecified atom stereocenters. The summed E-state index contributed by atoms with van der Waals surface area (Å²) in [6.07, 6.45) is 4.53. The highest BCUT2D eigenvalue weighted by Crippen LogP contribution is 2.32. The van der Waals surface area contributed by atoms with E-state index in [4.69, 9.17) is 9.15 Å². The monoisotopic (exact) mass is 152 g/mol. The molecule has 1 fully saturated rings. The van der Waals surface area contributed by atoms with Gasteiger partial charge in [0.15, 0.2) is 0 Å². The molecule has 2 atom stereocenters. The van der Waals surface area contributed by atoms with Crippen molar-refractivity contribution in [3.63, 3.8) is 0 Å². The topological polar surface area (TPSA) is 22.4 Å². The van der Waals surface area contributed by atoms with E-state index in [0.717, 1.165) is 18.6 Å².